The minimum absolute atomic E-state index is 0.0186. The molecule has 94 valence electrons. The number of carboxylic acid groups (broad SMARTS) is 2. The molecule has 0 unspecified atom stereocenters. The third-order valence-electron chi connectivity index (χ3n) is 1.91. The van der Waals surface area contributed by atoms with Crippen LogP contribution in [0.5, 0.6) is 0 Å². The van der Waals surface area contributed by atoms with Crippen molar-refractivity contribution in [3.8, 4) is 0 Å². The Bertz CT molecular complexity index is 345. The number of carbonyl (C=O) groups is 2. The Morgan fingerprint density at radius 2 is 1.65 bits per heavy atom. The van der Waals surface area contributed by atoms with Crippen LogP contribution in [0.25, 0.3) is 0 Å². The maximum absolute atomic E-state index is 10.4. The summed E-state index contributed by atoms with van der Waals surface area (Å²) in [5.74, 6) is -2.25. The van der Waals surface area contributed by atoms with Gasteiger partial charge in [0.25, 0.3) is 0 Å². The molecule has 0 aliphatic carbocycles. The summed E-state index contributed by atoms with van der Waals surface area (Å²) in [7, 11) is 0. The standard InChI is InChI=1S/C8H6O4.C4H11N/c9-7(10)5-2-1-3-6(4-5)8(11)12;1-2-3-4-5/h1-4H,(H,9,10)(H,11,12);2-5H2,1H3. The van der Waals surface area contributed by atoms with E-state index >= 15 is 0 Å². The maximum atomic E-state index is 10.4. The van der Waals surface area contributed by atoms with Gasteiger partial charge in [-0.3, -0.25) is 0 Å². The van der Waals surface area contributed by atoms with E-state index in [-0.39, 0.29) is 11.1 Å². The Morgan fingerprint density at radius 3 is 1.88 bits per heavy atom. The van der Waals surface area contributed by atoms with Crippen molar-refractivity contribution in [3.63, 3.8) is 0 Å². The van der Waals surface area contributed by atoms with Gasteiger partial charge in [-0.25, -0.2) is 9.59 Å². The van der Waals surface area contributed by atoms with Crippen LogP contribution in [0.2, 0.25) is 0 Å². The second-order valence-corrected chi connectivity index (χ2v) is 3.33. The number of carboxylic acids is 2. The fraction of sp³-hybridized carbons (Fsp3) is 0.333. The third kappa shape index (κ3) is 6.32. The fourth-order valence-electron chi connectivity index (χ4n) is 0.989. The lowest BCUT2D eigenvalue weighted by Crippen LogP contribution is -2.01. The highest BCUT2D eigenvalue weighted by atomic mass is 16.4. The molecule has 0 atom stereocenters. The van der Waals surface area contributed by atoms with Crippen LogP contribution in [-0.2, 0) is 0 Å². The van der Waals surface area contributed by atoms with Gasteiger partial charge in [0.2, 0.25) is 0 Å². The summed E-state index contributed by atoms with van der Waals surface area (Å²) in [5.41, 5.74) is 5.10. The highest BCUT2D eigenvalue weighted by Gasteiger charge is 2.06. The third-order valence-corrected chi connectivity index (χ3v) is 1.91. The van der Waals surface area contributed by atoms with Gasteiger partial charge in [0, 0.05) is 0 Å². The number of benzene rings is 1. The van der Waals surface area contributed by atoms with E-state index < -0.39 is 11.9 Å². The first-order valence-electron chi connectivity index (χ1n) is 5.29. The highest BCUT2D eigenvalue weighted by Crippen LogP contribution is 2.04. The predicted octanol–water partition coefficient (Wildman–Crippen LogP) is 1.83. The van der Waals surface area contributed by atoms with E-state index in [9.17, 15) is 9.59 Å². The van der Waals surface area contributed by atoms with Gasteiger partial charge in [-0.2, -0.15) is 0 Å². The molecule has 1 aromatic rings. The summed E-state index contributed by atoms with van der Waals surface area (Å²) < 4.78 is 0. The van der Waals surface area contributed by atoms with E-state index in [0.717, 1.165) is 12.6 Å². The number of hydrogen-bond donors (Lipinski definition) is 3. The van der Waals surface area contributed by atoms with Gasteiger partial charge < -0.3 is 15.9 Å². The molecule has 0 aliphatic heterocycles. The van der Waals surface area contributed by atoms with Gasteiger partial charge in [-0.05, 0) is 31.2 Å². The lowest BCUT2D eigenvalue weighted by molar-refractivity contribution is 0.0696. The molecule has 1 aromatic carbocycles. The van der Waals surface area contributed by atoms with Crippen molar-refractivity contribution in [2.45, 2.75) is 19.8 Å². The van der Waals surface area contributed by atoms with Gasteiger partial charge in [-0.15, -0.1) is 0 Å². The van der Waals surface area contributed by atoms with E-state index in [2.05, 4.69) is 6.92 Å². The van der Waals surface area contributed by atoms with Crippen molar-refractivity contribution >= 4 is 11.9 Å². The molecule has 0 amide bonds. The van der Waals surface area contributed by atoms with Crippen LogP contribution < -0.4 is 5.73 Å². The topological polar surface area (TPSA) is 101 Å². The van der Waals surface area contributed by atoms with Gasteiger partial charge >= 0.3 is 11.9 Å². The zero-order chi connectivity index (χ0) is 13.3. The minimum Gasteiger partial charge on any atom is -0.478 e. The lowest BCUT2D eigenvalue weighted by atomic mass is 10.1. The fourth-order valence-corrected chi connectivity index (χ4v) is 0.989. The molecule has 1 rings (SSSR count). The molecule has 0 spiro atoms. The summed E-state index contributed by atoms with van der Waals surface area (Å²) in [6.45, 7) is 2.98. The van der Waals surface area contributed by atoms with E-state index in [1.165, 1.54) is 31.0 Å². The monoisotopic (exact) mass is 239 g/mol. The van der Waals surface area contributed by atoms with Crippen molar-refractivity contribution in [2.75, 3.05) is 6.54 Å². The van der Waals surface area contributed by atoms with Gasteiger partial charge in [-0.1, -0.05) is 19.4 Å². The summed E-state index contributed by atoms with van der Waals surface area (Å²) in [6.07, 6.45) is 2.39. The Balaban J connectivity index is 0.000000437. The molecule has 0 aromatic heterocycles. The quantitative estimate of drug-likeness (QED) is 0.744. The van der Waals surface area contributed by atoms with E-state index in [1.54, 1.807) is 0 Å². The predicted molar refractivity (Wildman–Crippen MR) is 64.3 cm³/mol. The molecule has 17 heavy (non-hydrogen) atoms. The summed E-state index contributed by atoms with van der Waals surface area (Å²) in [4.78, 5) is 20.8. The lowest BCUT2D eigenvalue weighted by Gasteiger charge is -1.95. The first-order valence-corrected chi connectivity index (χ1v) is 5.29. The number of unbranched alkanes of at least 4 members (excludes halogenated alkanes) is 1. The maximum Gasteiger partial charge on any atom is 0.335 e. The molecule has 0 radical (unpaired) electrons. The highest BCUT2D eigenvalue weighted by molar-refractivity contribution is 5.93. The first kappa shape index (κ1) is 15.1. The number of nitrogens with two attached hydrogens (primary N) is 1. The van der Waals surface area contributed by atoms with Crippen molar-refractivity contribution in [1.82, 2.24) is 0 Å². The van der Waals surface area contributed by atoms with Crippen LogP contribution in [0.4, 0.5) is 0 Å². The van der Waals surface area contributed by atoms with Crippen LogP contribution in [0, 0.1) is 0 Å². The number of rotatable bonds is 4. The van der Waals surface area contributed by atoms with Crippen LogP contribution in [0.15, 0.2) is 24.3 Å². The van der Waals surface area contributed by atoms with Crippen molar-refractivity contribution < 1.29 is 19.8 Å². The average molecular weight is 239 g/mol. The second kappa shape index (κ2) is 8.29. The van der Waals surface area contributed by atoms with Crippen molar-refractivity contribution in [1.29, 1.82) is 0 Å². The largest absolute Gasteiger partial charge is 0.478 e. The van der Waals surface area contributed by atoms with Crippen LogP contribution in [0.3, 0.4) is 0 Å². The van der Waals surface area contributed by atoms with Gasteiger partial charge in [0.05, 0.1) is 11.1 Å². The second-order valence-electron chi connectivity index (χ2n) is 3.33. The number of hydrogen-bond acceptors (Lipinski definition) is 3. The molecule has 5 heteroatoms. The van der Waals surface area contributed by atoms with Crippen LogP contribution >= 0.6 is 0 Å². The summed E-state index contributed by atoms with van der Waals surface area (Å²) in [6, 6.07) is 5.20. The molecule has 0 heterocycles. The van der Waals surface area contributed by atoms with E-state index in [0.29, 0.717) is 0 Å². The number of aromatic carboxylic acids is 2. The zero-order valence-electron chi connectivity index (χ0n) is 9.72. The van der Waals surface area contributed by atoms with Crippen molar-refractivity contribution in [3.05, 3.63) is 35.4 Å². The molecule has 0 bridgehead atoms. The normalized spacial score (nSPS) is 9.06. The van der Waals surface area contributed by atoms with Crippen LogP contribution in [-0.4, -0.2) is 28.7 Å². The summed E-state index contributed by atoms with van der Waals surface area (Å²) in [5, 5.41) is 17.0. The Labute approximate surface area is 99.9 Å². The first-order chi connectivity index (χ1) is 8.02. The van der Waals surface area contributed by atoms with E-state index in [4.69, 9.17) is 15.9 Å². The van der Waals surface area contributed by atoms with Gasteiger partial charge in [0.15, 0.2) is 0 Å². The average Bonchev–Trinajstić information content (AvgIpc) is 2.31. The zero-order valence-corrected chi connectivity index (χ0v) is 9.72. The van der Waals surface area contributed by atoms with Crippen molar-refractivity contribution in [2.24, 2.45) is 5.73 Å². The Kier molecular flexibility index (Phi) is 7.38. The SMILES string of the molecule is CCCCN.O=C(O)c1cccc(C(=O)O)c1. The molecule has 0 aliphatic rings. The molecule has 4 N–H and O–H groups in total. The van der Waals surface area contributed by atoms with Gasteiger partial charge in [0.1, 0.15) is 0 Å². The summed E-state index contributed by atoms with van der Waals surface area (Å²) >= 11 is 0. The molecule has 0 saturated carbocycles. The molecule has 0 saturated heterocycles. The Morgan fingerprint density at radius 1 is 1.18 bits per heavy atom. The molecule has 0 fully saturated rings. The smallest absolute Gasteiger partial charge is 0.335 e. The van der Waals surface area contributed by atoms with Crippen LogP contribution in [0.1, 0.15) is 40.5 Å². The van der Waals surface area contributed by atoms with E-state index in [1.807, 2.05) is 0 Å². The molecule has 5 nitrogen and oxygen atoms in total. The molecular weight excluding hydrogens is 222 g/mol. The minimum atomic E-state index is -1.13. The molecular formula is C12H17NO4. The Hall–Kier alpha value is -1.88.